The summed E-state index contributed by atoms with van der Waals surface area (Å²) in [5.41, 5.74) is 8.05. The number of anilines is 3. The molecule has 0 aliphatic heterocycles. The van der Waals surface area contributed by atoms with Gasteiger partial charge in [0.25, 0.3) is 0 Å². The van der Waals surface area contributed by atoms with Crippen molar-refractivity contribution in [2.75, 3.05) is 18.2 Å². The zero-order valence-electron chi connectivity index (χ0n) is 16.8. The smallest absolute Gasteiger partial charge is 0.309 e. The Hall–Kier alpha value is -3.20. The second-order valence-corrected chi connectivity index (χ2v) is 8.56. The van der Waals surface area contributed by atoms with Gasteiger partial charge in [0.15, 0.2) is 0 Å². The fraction of sp³-hybridized carbons (Fsp3) is 0.333. The van der Waals surface area contributed by atoms with Crippen LogP contribution in [0.25, 0.3) is 10.2 Å². The zero-order valence-corrected chi connectivity index (χ0v) is 17.6. The van der Waals surface area contributed by atoms with Crippen molar-refractivity contribution in [1.29, 1.82) is 5.41 Å². The largest absolute Gasteiger partial charge is 0.494 e. The van der Waals surface area contributed by atoms with Gasteiger partial charge in [-0.25, -0.2) is 9.97 Å². The van der Waals surface area contributed by atoms with E-state index in [2.05, 4.69) is 15.3 Å². The average molecular weight is 426 g/mol. The number of fused-ring (bicyclic) bond motifs is 3. The summed E-state index contributed by atoms with van der Waals surface area (Å²) in [4.78, 5) is 22.7. The third-order valence-electron chi connectivity index (χ3n) is 5.97. The molecule has 0 amide bonds. The van der Waals surface area contributed by atoms with Crippen molar-refractivity contribution in [3.63, 3.8) is 0 Å². The van der Waals surface area contributed by atoms with Crippen molar-refractivity contribution in [1.82, 2.24) is 9.97 Å². The molecule has 2 aromatic heterocycles. The summed E-state index contributed by atoms with van der Waals surface area (Å²) >= 11 is 1.54. The molecule has 4 rings (SSSR count). The predicted octanol–water partition coefficient (Wildman–Crippen LogP) is 3.99. The Morgan fingerprint density at radius 3 is 2.93 bits per heavy atom. The molecule has 5 N–H and O–H groups in total. The number of aromatic nitrogens is 2. The third kappa shape index (κ3) is 3.15. The van der Waals surface area contributed by atoms with Crippen LogP contribution in [0.2, 0.25) is 0 Å². The number of ether oxygens (including phenoxy) is 1. The number of rotatable bonds is 6. The predicted molar refractivity (Wildman–Crippen MR) is 118 cm³/mol. The van der Waals surface area contributed by atoms with Crippen molar-refractivity contribution < 1.29 is 14.6 Å². The standard InChI is InChI=1S/C21H23N5O3S/c1-3-21(20(27)28)5-4-12-16(8-21)30-19-17(12)18(24-10-25-19)26-14-6-11(9-22)13(23)7-15(14)29-2/h6-7,9-10,22H,3-5,8,23H2,1-2H3,(H,27,28)(H,24,25,26)/t21-/m0/s1. The molecule has 0 fully saturated rings. The van der Waals surface area contributed by atoms with Crippen LogP contribution in [0, 0.1) is 10.8 Å². The summed E-state index contributed by atoms with van der Waals surface area (Å²) in [7, 11) is 1.56. The van der Waals surface area contributed by atoms with Crippen LogP contribution in [0.3, 0.4) is 0 Å². The molecule has 0 bridgehead atoms. The van der Waals surface area contributed by atoms with Gasteiger partial charge >= 0.3 is 5.97 Å². The second kappa shape index (κ2) is 7.56. The molecule has 1 atom stereocenters. The highest BCUT2D eigenvalue weighted by molar-refractivity contribution is 7.19. The van der Waals surface area contributed by atoms with Gasteiger partial charge in [-0.1, -0.05) is 6.92 Å². The summed E-state index contributed by atoms with van der Waals surface area (Å²) in [5.74, 6) is 0.448. The van der Waals surface area contributed by atoms with E-state index < -0.39 is 11.4 Å². The molecule has 8 nitrogen and oxygen atoms in total. The van der Waals surface area contributed by atoms with Crippen LogP contribution in [0.4, 0.5) is 17.2 Å². The third-order valence-corrected chi connectivity index (χ3v) is 7.11. The summed E-state index contributed by atoms with van der Waals surface area (Å²) < 4.78 is 5.45. The van der Waals surface area contributed by atoms with Crippen molar-refractivity contribution in [2.45, 2.75) is 32.6 Å². The van der Waals surface area contributed by atoms with Gasteiger partial charge in [0.2, 0.25) is 0 Å². The normalized spacial score (nSPS) is 18.1. The average Bonchev–Trinajstić information content (AvgIpc) is 3.12. The van der Waals surface area contributed by atoms with Crippen molar-refractivity contribution in [3.05, 3.63) is 34.5 Å². The highest BCUT2D eigenvalue weighted by atomic mass is 32.1. The quantitative estimate of drug-likeness (QED) is 0.346. The number of nitrogen functional groups attached to an aromatic ring is 1. The number of aliphatic carboxylic acids is 1. The first-order valence-electron chi connectivity index (χ1n) is 9.66. The molecule has 2 heterocycles. The number of benzene rings is 1. The number of nitrogens with zero attached hydrogens (tertiary/aromatic N) is 2. The van der Waals surface area contributed by atoms with Crippen LogP contribution < -0.4 is 15.8 Å². The molecular formula is C21H23N5O3S. The molecule has 156 valence electrons. The van der Waals surface area contributed by atoms with Crippen LogP contribution >= 0.6 is 11.3 Å². The molecule has 0 spiro atoms. The van der Waals surface area contributed by atoms with E-state index in [1.165, 1.54) is 23.9 Å². The fourth-order valence-electron chi connectivity index (χ4n) is 4.07. The van der Waals surface area contributed by atoms with E-state index >= 15 is 0 Å². The van der Waals surface area contributed by atoms with Gasteiger partial charge in [-0.15, -0.1) is 11.3 Å². The molecule has 0 radical (unpaired) electrons. The number of nitrogens with one attached hydrogen (secondary N) is 2. The molecule has 1 aliphatic rings. The number of thiophene rings is 1. The van der Waals surface area contributed by atoms with Crippen LogP contribution in [0.15, 0.2) is 18.5 Å². The Bertz CT molecular complexity index is 1160. The van der Waals surface area contributed by atoms with Gasteiger partial charge in [0, 0.05) is 28.4 Å². The van der Waals surface area contributed by atoms with Crippen LogP contribution in [-0.2, 0) is 17.6 Å². The van der Waals surface area contributed by atoms with Crippen molar-refractivity contribution in [3.8, 4) is 5.75 Å². The molecular weight excluding hydrogens is 402 g/mol. The number of carboxylic acid groups (broad SMARTS) is 1. The van der Waals surface area contributed by atoms with Crippen molar-refractivity contribution in [2.24, 2.45) is 5.41 Å². The maximum absolute atomic E-state index is 11.9. The van der Waals surface area contributed by atoms with Gasteiger partial charge in [0.1, 0.15) is 22.7 Å². The van der Waals surface area contributed by atoms with E-state index in [4.69, 9.17) is 15.9 Å². The molecule has 1 aliphatic carbocycles. The summed E-state index contributed by atoms with van der Waals surface area (Å²) in [6.45, 7) is 1.94. The van der Waals surface area contributed by atoms with Gasteiger partial charge in [0.05, 0.1) is 23.6 Å². The second-order valence-electron chi connectivity index (χ2n) is 7.47. The van der Waals surface area contributed by atoms with Gasteiger partial charge < -0.3 is 26.3 Å². The van der Waals surface area contributed by atoms with E-state index in [1.54, 1.807) is 19.2 Å². The number of carboxylic acids is 1. The highest BCUT2D eigenvalue weighted by Crippen LogP contribution is 2.46. The lowest BCUT2D eigenvalue weighted by atomic mass is 9.72. The number of hydrogen-bond acceptors (Lipinski definition) is 8. The van der Waals surface area contributed by atoms with E-state index in [-0.39, 0.29) is 0 Å². The Kier molecular flexibility index (Phi) is 5.07. The SMILES string of the molecule is CC[C@]1(C(=O)O)CCc2c(sc3ncnc(Nc4cc(C=N)c(N)cc4OC)c23)C1. The molecule has 0 saturated carbocycles. The lowest BCUT2D eigenvalue weighted by Gasteiger charge is -2.32. The number of methoxy groups -OCH3 is 1. The highest BCUT2D eigenvalue weighted by Gasteiger charge is 2.41. The maximum atomic E-state index is 11.9. The molecule has 1 aromatic carbocycles. The first-order chi connectivity index (χ1) is 14.4. The Morgan fingerprint density at radius 1 is 1.47 bits per heavy atom. The lowest BCUT2D eigenvalue weighted by molar-refractivity contribution is -0.149. The molecule has 0 saturated heterocycles. The van der Waals surface area contributed by atoms with Crippen LogP contribution in [-0.4, -0.2) is 34.4 Å². The topological polar surface area (TPSA) is 134 Å². The summed E-state index contributed by atoms with van der Waals surface area (Å²) in [6.07, 6.45) is 5.06. The first-order valence-corrected chi connectivity index (χ1v) is 10.5. The van der Waals surface area contributed by atoms with E-state index in [1.807, 2.05) is 6.92 Å². The van der Waals surface area contributed by atoms with E-state index in [0.29, 0.717) is 54.2 Å². The van der Waals surface area contributed by atoms with Gasteiger partial charge in [-0.2, -0.15) is 0 Å². The van der Waals surface area contributed by atoms with E-state index in [9.17, 15) is 9.90 Å². The van der Waals surface area contributed by atoms with Gasteiger partial charge in [-0.3, -0.25) is 4.79 Å². The molecule has 30 heavy (non-hydrogen) atoms. The summed E-state index contributed by atoms with van der Waals surface area (Å²) in [5, 5.41) is 21.6. The van der Waals surface area contributed by atoms with Crippen LogP contribution in [0.5, 0.6) is 5.75 Å². The molecule has 0 unspecified atom stereocenters. The van der Waals surface area contributed by atoms with Gasteiger partial charge in [-0.05, 0) is 37.3 Å². The molecule has 3 aromatic rings. The number of hydrogen-bond donors (Lipinski definition) is 4. The van der Waals surface area contributed by atoms with Crippen LogP contribution in [0.1, 0.15) is 35.8 Å². The maximum Gasteiger partial charge on any atom is 0.309 e. The molecule has 9 heteroatoms. The Labute approximate surface area is 177 Å². The van der Waals surface area contributed by atoms with Crippen molar-refractivity contribution >= 4 is 50.9 Å². The first kappa shape index (κ1) is 20.1. The lowest BCUT2D eigenvalue weighted by Crippen LogP contribution is -2.35. The number of aryl methyl sites for hydroxylation is 1. The minimum Gasteiger partial charge on any atom is -0.494 e. The zero-order chi connectivity index (χ0) is 21.5. The monoisotopic (exact) mass is 425 g/mol. The number of carbonyl (C=O) groups is 1. The summed E-state index contributed by atoms with van der Waals surface area (Å²) in [6, 6.07) is 3.42. The Morgan fingerprint density at radius 2 is 2.27 bits per heavy atom. The fourth-order valence-corrected chi connectivity index (χ4v) is 5.40. The minimum absolute atomic E-state index is 0.456. The van der Waals surface area contributed by atoms with E-state index in [0.717, 1.165) is 20.7 Å². The number of nitrogens with two attached hydrogens (primary N) is 1. The Balaban J connectivity index is 1.80. The minimum atomic E-state index is -0.733.